The summed E-state index contributed by atoms with van der Waals surface area (Å²) in [6.07, 6.45) is 0. The van der Waals surface area contributed by atoms with E-state index in [4.69, 9.17) is 9.47 Å². The van der Waals surface area contributed by atoms with E-state index in [1.54, 1.807) is 32.0 Å². The second-order valence-corrected chi connectivity index (χ2v) is 7.41. The highest BCUT2D eigenvalue weighted by molar-refractivity contribution is 6.00. The lowest BCUT2D eigenvalue weighted by Crippen LogP contribution is -2.33. The minimum absolute atomic E-state index is 0.0101. The Kier molecular flexibility index (Phi) is 3.47. The van der Waals surface area contributed by atoms with Crippen LogP contribution < -0.4 is 4.74 Å². The first-order valence-corrected chi connectivity index (χ1v) is 9.20. The lowest BCUT2D eigenvalue weighted by Gasteiger charge is -2.37. The van der Waals surface area contributed by atoms with Crippen LogP contribution in [0.4, 0.5) is 0 Å². The molecule has 2 aliphatic rings. The molecule has 0 atom stereocenters. The number of aromatic carboxylic acids is 1. The van der Waals surface area contributed by atoms with Crippen LogP contribution in [0.2, 0.25) is 0 Å². The lowest BCUT2D eigenvalue weighted by molar-refractivity contribution is 0.0223. The van der Waals surface area contributed by atoms with Crippen LogP contribution in [-0.2, 0) is 10.3 Å². The molecule has 0 fully saturated rings. The zero-order chi connectivity index (χ0) is 21.4. The number of benzene rings is 3. The van der Waals surface area contributed by atoms with Gasteiger partial charge < -0.3 is 24.8 Å². The Morgan fingerprint density at radius 2 is 1.40 bits per heavy atom. The van der Waals surface area contributed by atoms with Crippen LogP contribution in [0.1, 0.15) is 48.5 Å². The molecular formula is C23H16O7. The van der Waals surface area contributed by atoms with Crippen molar-refractivity contribution in [2.45, 2.75) is 19.4 Å². The number of carboxylic acid groups (broad SMARTS) is 1. The molecule has 7 nitrogen and oxygen atoms in total. The van der Waals surface area contributed by atoms with Gasteiger partial charge in [-0.2, -0.15) is 0 Å². The minimum atomic E-state index is -1.40. The minimum Gasteiger partial charge on any atom is -0.508 e. The second kappa shape index (κ2) is 5.76. The fourth-order valence-corrected chi connectivity index (χ4v) is 4.23. The van der Waals surface area contributed by atoms with E-state index in [0.29, 0.717) is 39.3 Å². The van der Waals surface area contributed by atoms with Crippen molar-refractivity contribution < 1.29 is 34.4 Å². The number of carbonyl (C=O) groups excluding carboxylic acids is 1. The quantitative estimate of drug-likeness (QED) is 0.526. The van der Waals surface area contributed by atoms with E-state index in [1.165, 1.54) is 24.3 Å². The van der Waals surface area contributed by atoms with Gasteiger partial charge in [0.15, 0.2) is 5.60 Å². The van der Waals surface area contributed by atoms with Gasteiger partial charge in [-0.1, -0.05) is 6.07 Å². The van der Waals surface area contributed by atoms with Gasteiger partial charge in [-0.05, 0) is 50.2 Å². The molecule has 0 saturated carbocycles. The molecule has 1 spiro atoms. The van der Waals surface area contributed by atoms with E-state index >= 15 is 0 Å². The molecule has 3 aromatic rings. The van der Waals surface area contributed by atoms with Crippen molar-refractivity contribution in [3.63, 3.8) is 0 Å². The number of aromatic hydroxyl groups is 2. The fourth-order valence-electron chi connectivity index (χ4n) is 4.23. The Hall–Kier alpha value is -4.00. The number of phenolic OH excluding ortho intramolecular Hbond substituents is 2. The summed E-state index contributed by atoms with van der Waals surface area (Å²) in [4.78, 5) is 24.3. The predicted octanol–water partition coefficient (Wildman–Crippen LogP) is 3.98. The van der Waals surface area contributed by atoms with Crippen molar-refractivity contribution in [1.29, 1.82) is 0 Å². The van der Waals surface area contributed by atoms with Crippen LogP contribution in [0.3, 0.4) is 0 Å². The Bertz CT molecular complexity index is 1230. The zero-order valence-electron chi connectivity index (χ0n) is 16.0. The average Bonchev–Trinajstić information content (AvgIpc) is 3.01. The van der Waals surface area contributed by atoms with Crippen LogP contribution in [0, 0.1) is 13.8 Å². The molecule has 0 aliphatic carbocycles. The molecule has 2 aliphatic heterocycles. The van der Waals surface area contributed by atoms with Crippen molar-refractivity contribution in [2.75, 3.05) is 0 Å². The molecule has 0 aromatic heterocycles. The molecule has 0 unspecified atom stereocenters. The lowest BCUT2D eigenvalue weighted by atomic mass is 9.76. The Balaban J connectivity index is 1.91. The smallest absolute Gasteiger partial charge is 0.340 e. The normalized spacial score (nSPS) is 15.1. The number of fused-ring (bicyclic) bond motifs is 6. The average molecular weight is 404 g/mol. The molecule has 0 saturated heterocycles. The summed E-state index contributed by atoms with van der Waals surface area (Å²) in [6.45, 7) is 3.35. The summed E-state index contributed by atoms with van der Waals surface area (Å²) in [6, 6.07) is 10.5. The van der Waals surface area contributed by atoms with Gasteiger partial charge in [-0.3, -0.25) is 0 Å². The first-order chi connectivity index (χ1) is 14.3. The second-order valence-electron chi connectivity index (χ2n) is 7.41. The Morgan fingerprint density at radius 3 is 1.93 bits per heavy atom. The van der Waals surface area contributed by atoms with Crippen LogP contribution in [-0.4, -0.2) is 27.3 Å². The Labute approximate surface area is 170 Å². The molecule has 0 amide bonds. The summed E-state index contributed by atoms with van der Waals surface area (Å²) in [7, 11) is 0. The van der Waals surface area contributed by atoms with Gasteiger partial charge in [0.25, 0.3) is 0 Å². The number of carboxylic acids is 1. The van der Waals surface area contributed by atoms with Crippen LogP contribution in [0.25, 0.3) is 0 Å². The maximum atomic E-state index is 12.9. The zero-order valence-corrected chi connectivity index (χ0v) is 16.0. The van der Waals surface area contributed by atoms with Crippen LogP contribution in [0.5, 0.6) is 23.0 Å². The number of carbonyl (C=O) groups is 2. The van der Waals surface area contributed by atoms with Crippen molar-refractivity contribution in [1.82, 2.24) is 0 Å². The van der Waals surface area contributed by atoms with Gasteiger partial charge >= 0.3 is 11.9 Å². The number of hydrogen-bond donors (Lipinski definition) is 3. The number of ether oxygens (including phenoxy) is 2. The third kappa shape index (κ3) is 2.09. The summed E-state index contributed by atoms with van der Waals surface area (Å²) < 4.78 is 12.1. The molecule has 150 valence electrons. The monoisotopic (exact) mass is 404 g/mol. The SMILES string of the molecule is Cc1c(O)ccc2c1Oc1c(ccc(O)c1C)C21OC(=O)c2cc(C(=O)O)ccc21. The first-order valence-electron chi connectivity index (χ1n) is 9.20. The van der Waals surface area contributed by atoms with Gasteiger partial charge in [-0.25, -0.2) is 9.59 Å². The van der Waals surface area contributed by atoms with Gasteiger partial charge in [0.05, 0.1) is 11.1 Å². The largest absolute Gasteiger partial charge is 0.508 e. The van der Waals surface area contributed by atoms with E-state index in [-0.39, 0.29) is 22.6 Å². The molecular weight excluding hydrogens is 388 g/mol. The fraction of sp³-hybridized carbons (Fsp3) is 0.130. The number of esters is 1. The summed E-state index contributed by atoms with van der Waals surface area (Å²) in [5.41, 5.74) is 1.10. The predicted molar refractivity (Wildman–Crippen MR) is 104 cm³/mol. The topological polar surface area (TPSA) is 113 Å². The van der Waals surface area contributed by atoms with Crippen molar-refractivity contribution in [3.05, 3.63) is 81.4 Å². The highest BCUT2D eigenvalue weighted by Crippen LogP contribution is 2.58. The van der Waals surface area contributed by atoms with E-state index < -0.39 is 17.5 Å². The third-order valence-corrected chi connectivity index (χ3v) is 5.83. The van der Waals surface area contributed by atoms with Gasteiger partial charge in [0.2, 0.25) is 0 Å². The van der Waals surface area contributed by atoms with Gasteiger partial charge in [-0.15, -0.1) is 0 Å². The highest BCUT2D eigenvalue weighted by atomic mass is 16.6. The standard InChI is InChI=1S/C23H16O7/c1-10-17(24)7-5-15-19(10)29-20-11(2)18(25)8-6-16(20)23(15)14-4-3-12(21(26)27)9-13(14)22(28)30-23/h3-9,24-25H,1-2H3,(H,26,27). The summed E-state index contributed by atoms with van der Waals surface area (Å²) >= 11 is 0. The number of rotatable bonds is 1. The third-order valence-electron chi connectivity index (χ3n) is 5.83. The van der Waals surface area contributed by atoms with Gasteiger partial charge in [0, 0.05) is 27.8 Å². The van der Waals surface area contributed by atoms with E-state index in [1.807, 2.05) is 0 Å². The highest BCUT2D eigenvalue weighted by Gasteiger charge is 2.54. The van der Waals surface area contributed by atoms with E-state index in [2.05, 4.69) is 0 Å². The molecule has 3 aromatic carbocycles. The van der Waals surface area contributed by atoms with Crippen LogP contribution in [0.15, 0.2) is 42.5 Å². The molecule has 5 rings (SSSR count). The molecule has 30 heavy (non-hydrogen) atoms. The van der Waals surface area contributed by atoms with Crippen LogP contribution >= 0.6 is 0 Å². The molecule has 0 radical (unpaired) electrons. The maximum Gasteiger partial charge on any atom is 0.340 e. The maximum absolute atomic E-state index is 12.9. The summed E-state index contributed by atoms with van der Waals surface area (Å²) in [5.74, 6) is -1.16. The number of hydrogen-bond acceptors (Lipinski definition) is 6. The first kappa shape index (κ1) is 18.1. The number of phenols is 2. The summed E-state index contributed by atoms with van der Waals surface area (Å²) in [5, 5.41) is 29.8. The van der Waals surface area contributed by atoms with Crippen molar-refractivity contribution in [2.24, 2.45) is 0 Å². The molecule has 3 N–H and O–H groups in total. The molecule has 0 bridgehead atoms. The van der Waals surface area contributed by atoms with Gasteiger partial charge in [0.1, 0.15) is 23.0 Å². The molecule has 7 heteroatoms. The van der Waals surface area contributed by atoms with E-state index in [9.17, 15) is 24.9 Å². The van der Waals surface area contributed by atoms with E-state index in [0.717, 1.165) is 0 Å². The molecule has 2 heterocycles. The van der Waals surface area contributed by atoms with Crippen molar-refractivity contribution in [3.8, 4) is 23.0 Å². The van der Waals surface area contributed by atoms with Crippen molar-refractivity contribution >= 4 is 11.9 Å². The Morgan fingerprint density at radius 1 is 0.867 bits per heavy atom.